The van der Waals surface area contributed by atoms with Gasteiger partial charge in [-0.25, -0.2) is 9.97 Å². The third-order valence-electron chi connectivity index (χ3n) is 7.33. The fourth-order valence-electron chi connectivity index (χ4n) is 5.38. The molecule has 1 N–H and O–H groups in total. The van der Waals surface area contributed by atoms with Gasteiger partial charge < -0.3 is 5.32 Å². The van der Waals surface area contributed by atoms with Crippen LogP contribution in [-0.2, 0) is 6.42 Å². The standard InChI is InChI=1S/C34H26N4/c1-4-10-23(11-5-1)24-16-18-27(19-17-24)34-37-31(25-12-6-2-7-13-25)28-20-21-30-29(32(28)38-34)22-35-33(36-30)26-14-8-3-9-15-26/h1-19,22,31H,20-21H2,(H,37,38). The Morgan fingerprint density at radius 1 is 0.605 bits per heavy atom. The molecular formula is C34H26N4. The Hall–Kier alpha value is -4.83. The number of nitrogens with zero attached hydrogens (tertiary/aromatic N) is 3. The molecule has 2 aliphatic rings. The Morgan fingerprint density at radius 2 is 1.21 bits per heavy atom. The number of rotatable bonds is 4. The van der Waals surface area contributed by atoms with Crippen LogP contribution < -0.4 is 5.32 Å². The number of benzene rings is 4. The number of nitrogens with one attached hydrogen (secondary N) is 1. The maximum atomic E-state index is 5.25. The summed E-state index contributed by atoms with van der Waals surface area (Å²) in [4.78, 5) is 15.0. The van der Waals surface area contributed by atoms with Crippen molar-refractivity contribution in [1.29, 1.82) is 0 Å². The fraction of sp³-hybridized carbons (Fsp3) is 0.0882. The number of amidine groups is 1. The minimum atomic E-state index is -0.0433. The SMILES string of the molecule is c1ccc(-c2ccc(C3=NC(c4ccccc4)C4=C(N3)c3cnc(-c5ccccc5)nc3CC4)cc2)cc1. The van der Waals surface area contributed by atoms with Crippen molar-refractivity contribution in [3.8, 4) is 22.5 Å². The molecule has 38 heavy (non-hydrogen) atoms. The van der Waals surface area contributed by atoms with Crippen LogP contribution in [0.4, 0.5) is 0 Å². The van der Waals surface area contributed by atoms with Crippen molar-refractivity contribution in [2.45, 2.75) is 18.9 Å². The van der Waals surface area contributed by atoms with Crippen LogP contribution in [0.15, 0.2) is 132 Å². The van der Waals surface area contributed by atoms with Crippen LogP contribution in [0.25, 0.3) is 28.2 Å². The molecule has 0 fully saturated rings. The van der Waals surface area contributed by atoms with E-state index in [1.807, 2.05) is 30.5 Å². The van der Waals surface area contributed by atoms with E-state index in [0.29, 0.717) is 0 Å². The average Bonchev–Trinajstić information content (AvgIpc) is 3.01. The van der Waals surface area contributed by atoms with Crippen LogP contribution in [0.1, 0.15) is 34.8 Å². The lowest BCUT2D eigenvalue weighted by atomic mass is 9.85. The smallest absolute Gasteiger partial charge is 0.159 e. The topological polar surface area (TPSA) is 50.2 Å². The van der Waals surface area contributed by atoms with E-state index in [1.165, 1.54) is 22.3 Å². The second-order valence-corrected chi connectivity index (χ2v) is 9.68. The summed E-state index contributed by atoms with van der Waals surface area (Å²) in [5.41, 5.74) is 10.2. The summed E-state index contributed by atoms with van der Waals surface area (Å²) in [6.07, 6.45) is 3.76. The quantitative estimate of drug-likeness (QED) is 0.288. The van der Waals surface area contributed by atoms with Crippen molar-refractivity contribution >= 4 is 11.5 Å². The van der Waals surface area contributed by atoms with Gasteiger partial charge in [0, 0.05) is 22.9 Å². The van der Waals surface area contributed by atoms with Crippen LogP contribution in [0.5, 0.6) is 0 Å². The van der Waals surface area contributed by atoms with Gasteiger partial charge in [-0.05, 0) is 35.1 Å². The summed E-state index contributed by atoms with van der Waals surface area (Å²) < 4.78 is 0. The number of aliphatic imine (C=N–C) groups is 1. The van der Waals surface area contributed by atoms with Gasteiger partial charge in [0.2, 0.25) is 0 Å². The van der Waals surface area contributed by atoms with Gasteiger partial charge in [-0.3, -0.25) is 4.99 Å². The van der Waals surface area contributed by atoms with Gasteiger partial charge in [-0.15, -0.1) is 0 Å². The van der Waals surface area contributed by atoms with E-state index in [1.54, 1.807) is 0 Å². The molecule has 5 aromatic rings. The molecule has 1 aliphatic carbocycles. The molecule has 0 saturated carbocycles. The Balaban J connectivity index is 1.29. The van der Waals surface area contributed by atoms with Crippen molar-refractivity contribution in [3.63, 3.8) is 0 Å². The van der Waals surface area contributed by atoms with Crippen LogP contribution >= 0.6 is 0 Å². The highest BCUT2D eigenvalue weighted by atomic mass is 15.1. The van der Waals surface area contributed by atoms with E-state index in [-0.39, 0.29) is 6.04 Å². The molecule has 4 heteroatoms. The lowest BCUT2D eigenvalue weighted by Crippen LogP contribution is -2.32. The lowest BCUT2D eigenvalue weighted by Gasteiger charge is -2.32. The monoisotopic (exact) mass is 490 g/mol. The van der Waals surface area contributed by atoms with Gasteiger partial charge in [0.1, 0.15) is 11.9 Å². The third kappa shape index (κ3) is 4.10. The van der Waals surface area contributed by atoms with Gasteiger partial charge >= 0.3 is 0 Å². The number of aryl methyl sites for hydroxylation is 1. The highest BCUT2D eigenvalue weighted by Crippen LogP contribution is 2.41. The highest BCUT2D eigenvalue weighted by Gasteiger charge is 2.31. The Bertz CT molecular complexity index is 1660. The van der Waals surface area contributed by atoms with E-state index in [4.69, 9.17) is 15.0 Å². The molecule has 2 heterocycles. The molecule has 0 bridgehead atoms. The van der Waals surface area contributed by atoms with Crippen LogP contribution in [0.3, 0.4) is 0 Å². The first-order valence-electron chi connectivity index (χ1n) is 13.0. The molecule has 1 aromatic heterocycles. The van der Waals surface area contributed by atoms with E-state index in [2.05, 4.69) is 96.3 Å². The van der Waals surface area contributed by atoms with Crippen molar-refractivity contribution in [3.05, 3.63) is 149 Å². The van der Waals surface area contributed by atoms with Crippen molar-refractivity contribution in [2.24, 2.45) is 4.99 Å². The molecule has 0 spiro atoms. The molecule has 7 rings (SSSR count). The summed E-state index contributed by atoms with van der Waals surface area (Å²) in [6.45, 7) is 0. The summed E-state index contributed by atoms with van der Waals surface area (Å²) in [7, 11) is 0. The first kappa shape index (κ1) is 22.4. The highest BCUT2D eigenvalue weighted by molar-refractivity contribution is 6.06. The molecule has 1 unspecified atom stereocenters. The third-order valence-corrected chi connectivity index (χ3v) is 7.33. The van der Waals surface area contributed by atoms with E-state index in [9.17, 15) is 0 Å². The minimum Gasteiger partial charge on any atom is -0.339 e. The average molecular weight is 491 g/mol. The predicted molar refractivity (Wildman–Crippen MR) is 153 cm³/mol. The van der Waals surface area contributed by atoms with E-state index < -0.39 is 0 Å². The summed E-state index contributed by atoms with van der Waals surface area (Å²) in [5, 5.41) is 3.70. The molecule has 4 nitrogen and oxygen atoms in total. The zero-order valence-electron chi connectivity index (χ0n) is 20.9. The normalized spacial score (nSPS) is 16.2. The zero-order valence-corrected chi connectivity index (χ0v) is 20.9. The molecule has 0 amide bonds. The zero-order chi connectivity index (χ0) is 25.3. The van der Waals surface area contributed by atoms with Crippen LogP contribution in [0.2, 0.25) is 0 Å². The van der Waals surface area contributed by atoms with Crippen LogP contribution in [-0.4, -0.2) is 15.8 Å². The Morgan fingerprint density at radius 3 is 1.92 bits per heavy atom. The number of aromatic nitrogens is 2. The second-order valence-electron chi connectivity index (χ2n) is 9.68. The summed E-state index contributed by atoms with van der Waals surface area (Å²) in [5.74, 6) is 1.64. The van der Waals surface area contributed by atoms with Crippen LogP contribution in [0, 0.1) is 0 Å². The van der Waals surface area contributed by atoms with E-state index >= 15 is 0 Å². The molecule has 1 atom stereocenters. The minimum absolute atomic E-state index is 0.0433. The first-order chi connectivity index (χ1) is 18.8. The molecule has 1 aliphatic heterocycles. The van der Waals surface area contributed by atoms with Gasteiger partial charge in [0.15, 0.2) is 5.82 Å². The predicted octanol–water partition coefficient (Wildman–Crippen LogP) is 7.26. The summed E-state index contributed by atoms with van der Waals surface area (Å²) >= 11 is 0. The lowest BCUT2D eigenvalue weighted by molar-refractivity contribution is 0.725. The number of fused-ring (bicyclic) bond motifs is 2. The fourth-order valence-corrected chi connectivity index (χ4v) is 5.38. The molecule has 0 radical (unpaired) electrons. The maximum absolute atomic E-state index is 5.25. The van der Waals surface area contributed by atoms with Crippen molar-refractivity contribution < 1.29 is 0 Å². The second kappa shape index (κ2) is 9.56. The van der Waals surface area contributed by atoms with Gasteiger partial charge in [-0.1, -0.05) is 115 Å². The molecule has 4 aromatic carbocycles. The molecule has 0 saturated heterocycles. The molecule has 182 valence electrons. The van der Waals surface area contributed by atoms with Crippen molar-refractivity contribution in [2.75, 3.05) is 0 Å². The number of hydrogen-bond donors (Lipinski definition) is 1. The van der Waals surface area contributed by atoms with E-state index in [0.717, 1.165) is 52.6 Å². The Labute approximate surface area is 222 Å². The Kier molecular flexibility index (Phi) is 5.63. The first-order valence-corrected chi connectivity index (χ1v) is 13.0. The molecular weight excluding hydrogens is 464 g/mol. The van der Waals surface area contributed by atoms with Gasteiger partial charge in [-0.2, -0.15) is 0 Å². The summed E-state index contributed by atoms with van der Waals surface area (Å²) in [6, 6.07) is 39.8. The van der Waals surface area contributed by atoms with Gasteiger partial charge in [0.05, 0.1) is 11.4 Å². The number of hydrogen-bond acceptors (Lipinski definition) is 4. The largest absolute Gasteiger partial charge is 0.339 e. The van der Waals surface area contributed by atoms with Crippen molar-refractivity contribution in [1.82, 2.24) is 15.3 Å². The van der Waals surface area contributed by atoms with Gasteiger partial charge in [0.25, 0.3) is 0 Å². The maximum Gasteiger partial charge on any atom is 0.159 e.